The Morgan fingerprint density at radius 1 is 1.55 bits per heavy atom. The number of hydrogen-bond donors (Lipinski definition) is 1. The maximum atomic E-state index is 11.9. The molecule has 0 aliphatic heterocycles. The number of halogens is 1. The molecule has 0 saturated heterocycles. The van der Waals surface area contributed by atoms with Crippen LogP contribution in [0.1, 0.15) is 15.9 Å². The van der Waals surface area contributed by atoms with Crippen molar-refractivity contribution in [3.63, 3.8) is 0 Å². The quantitative estimate of drug-likeness (QED) is 0.520. The van der Waals surface area contributed by atoms with Crippen molar-refractivity contribution in [1.29, 1.82) is 0 Å². The third-order valence-corrected chi connectivity index (χ3v) is 1.44. The average Bonchev–Trinajstić information content (AvgIpc) is 2.04. The van der Waals surface area contributed by atoms with Gasteiger partial charge in [-0.25, -0.2) is 5.54 Å². The van der Waals surface area contributed by atoms with Crippen molar-refractivity contribution in [2.45, 2.75) is 6.92 Å². The summed E-state index contributed by atoms with van der Waals surface area (Å²) in [6, 6.07) is 4.88. The van der Waals surface area contributed by atoms with Crippen LogP contribution < -0.4 is 5.54 Å². The number of aryl methyl sites for hydroxylation is 1. The summed E-state index contributed by atoms with van der Waals surface area (Å²) in [7, 11) is 0. The van der Waals surface area contributed by atoms with E-state index < -0.39 is 0 Å². The summed E-state index contributed by atoms with van der Waals surface area (Å²) < 4.78 is 11.9. The second-order valence-corrected chi connectivity index (χ2v) is 2.30. The molecule has 0 unspecified atom stereocenters. The van der Waals surface area contributed by atoms with Gasteiger partial charge in [-0.3, -0.25) is 4.79 Å². The topological polar surface area (TPSA) is 29.1 Å². The lowest BCUT2D eigenvalue weighted by atomic mass is 10.1. The molecule has 0 radical (unpaired) electrons. The van der Waals surface area contributed by atoms with Crippen LogP contribution in [0.4, 0.5) is 10.2 Å². The second-order valence-electron chi connectivity index (χ2n) is 2.30. The smallest absolute Gasteiger partial charge is 0.152 e. The molecule has 2 nitrogen and oxygen atoms in total. The number of rotatable bonds is 2. The minimum absolute atomic E-state index is 0.214. The van der Waals surface area contributed by atoms with Crippen molar-refractivity contribution < 1.29 is 9.28 Å². The van der Waals surface area contributed by atoms with Gasteiger partial charge in [-0.05, 0) is 19.1 Å². The Hall–Kier alpha value is -1.38. The fraction of sp³-hybridized carbons (Fsp3) is 0.125. The summed E-state index contributed by atoms with van der Waals surface area (Å²) in [4.78, 5) is 10.3. The summed E-state index contributed by atoms with van der Waals surface area (Å²) in [5.41, 5.74) is 2.93. The third kappa shape index (κ3) is 1.55. The molecule has 1 rings (SSSR count). The maximum absolute atomic E-state index is 11.9. The van der Waals surface area contributed by atoms with Crippen LogP contribution in [0.3, 0.4) is 0 Å². The first-order valence-corrected chi connectivity index (χ1v) is 3.20. The molecule has 11 heavy (non-hydrogen) atoms. The number of hydrogen-bond acceptors (Lipinski definition) is 2. The van der Waals surface area contributed by atoms with Gasteiger partial charge in [-0.2, -0.15) is 0 Å². The van der Waals surface area contributed by atoms with Crippen molar-refractivity contribution in [3.8, 4) is 0 Å². The summed E-state index contributed by atoms with van der Waals surface area (Å²) in [6.07, 6.45) is 0.620. The zero-order valence-electron chi connectivity index (χ0n) is 6.10. The molecule has 0 bridgehead atoms. The lowest BCUT2D eigenvalue weighted by Crippen LogP contribution is -1.90. The van der Waals surface area contributed by atoms with Crippen molar-refractivity contribution in [1.82, 2.24) is 0 Å². The molecule has 0 aromatic heterocycles. The van der Waals surface area contributed by atoms with E-state index in [0.717, 1.165) is 5.56 Å². The van der Waals surface area contributed by atoms with E-state index in [1.165, 1.54) is 11.6 Å². The van der Waals surface area contributed by atoms with Crippen molar-refractivity contribution in [2.24, 2.45) is 0 Å². The minimum atomic E-state index is 0.214. The predicted octanol–water partition coefficient (Wildman–Crippen LogP) is 2.10. The standard InChI is InChI=1S/C8H8FNO/c1-6-2-3-8(10-9)7(4-6)5-11/h2-5,10H,1H3. The van der Waals surface area contributed by atoms with E-state index in [-0.39, 0.29) is 5.69 Å². The average molecular weight is 153 g/mol. The highest BCUT2D eigenvalue weighted by Gasteiger charge is 1.99. The third-order valence-electron chi connectivity index (χ3n) is 1.44. The number of carbonyl (C=O) groups is 1. The SMILES string of the molecule is Cc1ccc(NF)c(C=O)c1. The van der Waals surface area contributed by atoms with Crippen LogP contribution >= 0.6 is 0 Å². The van der Waals surface area contributed by atoms with Crippen LogP contribution in [0.15, 0.2) is 18.2 Å². The largest absolute Gasteiger partial charge is 0.298 e. The van der Waals surface area contributed by atoms with Gasteiger partial charge in [0.2, 0.25) is 0 Å². The predicted molar refractivity (Wildman–Crippen MR) is 41.3 cm³/mol. The molecule has 0 heterocycles. The summed E-state index contributed by atoms with van der Waals surface area (Å²) in [5, 5.41) is 0. The molecular weight excluding hydrogens is 145 g/mol. The monoisotopic (exact) mass is 153 g/mol. The van der Waals surface area contributed by atoms with Crippen LogP contribution in [0.25, 0.3) is 0 Å². The maximum Gasteiger partial charge on any atom is 0.152 e. The molecule has 0 saturated carbocycles. The Bertz CT molecular complexity index is 273. The van der Waals surface area contributed by atoms with E-state index >= 15 is 0 Å². The molecule has 1 aromatic carbocycles. The highest BCUT2D eigenvalue weighted by atomic mass is 19.2. The van der Waals surface area contributed by atoms with E-state index in [0.29, 0.717) is 11.8 Å². The minimum Gasteiger partial charge on any atom is -0.298 e. The number of aldehydes is 1. The highest BCUT2D eigenvalue weighted by molar-refractivity contribution is 5.84. The summed E-state index contributed by atoms with van der Waals surface area (Å²) >= 11 is 0. The molecule has 0 fully saturated rings. The highest BCUT2D eigenvalue weighted by Crippen LogP contribution is 2.14. The van der Waals surface area contributed by atoms with E-state index in [1.54, 1.807) is 12.1 Å². The van der Waals surface area contributed by atoms with Gasteiger partial charge in [0, 0.05) is 5.56 Å². The van der Waals surface area contributed by atoms with Crippen molar-refractivity contribution in [3.05, 3.63) is 29.3 Å². The Labute approximate surface area is 64.0 Å². The summed E-state index contributed by atoms with van der Waals surface area (Å²) in [5.74, 6) is 0. The molecule has 0 aliphatic carbocycles. The van der Waals surface area contributed by atoms with Gasteiger partial charge in [0.05, 0.1) is 5.69 Å². The molecule has 0 atom stereocenters. The lowest BCUT2D eigenvalue weighted by Gasteiger charge is -2.00. The first kappa shape index (κ1) is 7.72. The van der Waals surface area contributed by atoms with E-state index in [4.69, 9.17) is 0 Å². The molecule has 1 aromatic rings. The zero-order valence-corrected chi connectivity index (χ0v) is 6.10. The van der Waals surface area contributed by atoms with Crippen molar-refractivity contribution in [2.75, 3.05) is 5.54 Å². The number of anilines is 1. The van der Waals surface area contributed by atoms with Gasteiger partial charge in [-0.15, -0.1) is 4.48 Å². The van der Waals surface area contributed by atoms with Gasteiger partial charge in [0.1, 0.15) is 0 Å². The van der Waals surface area contributed by atoms with Gasteiger partial charge in [0.15, 0.2) is 6.29 Å². The van der Waals surface area contributed by atoms with Gasteiger partial charge < -0.3 is 0 Å². The normalized spacial score (nSPS) is 9.27. The fourth-order valence-corrected chi connectivity index (χ4v) is 0.866. The number of carbonyl (C=O) groups excluding carboxylic acids is 1. The molecule has 0 spiro atoms. The van der Waals surface area contributed by atoms with Crippen LogP contribution in [0.2, 0.25) is 0 Å². The molecule has 0 aliphatic rings. The molecular formula is C8H8FNO. The van der Waals surface area contributed by atoms with Crippen LogP contribution in [-0.4, -0.2) is 6.29 Å². The van der Waals surface area contributed by atoms with E-state index in [9.17, 15) is 9.28 Å². The molecule has 3 heteroatoms. The number of nitrogens with one attached hydrogen (secondary N) is 1. The zero-order chi connectivity index (χ0) is 8.27. The van der Waals surface area contributed by atoms with Crippen molar-refractivity contribution >= 4 is 12.0 Å². The second kappa shape index (κ2) is 3.14. The van der Waals surface area contributed by atoms with Gasteiger partial charge in [0.25, 0.3) is 0 Å². The first-order chi connectivity index (χ1) is 5.27. The Balaban J connectivity index is 3.16. The summed E-state index contributed by atoms with van der Waals surface area (Å²) in [6.45, 7) is 1.84. The van der Waals surface area contributed by atoms with E-state index in [1.807, 2.05) is 6.92 Å². The Morgan fingerprint density at radius 3 is 2.82 bits per heavy atom. The lowest BCUT2D eigenvalue weighted by molar-refractivity contribution is 0.112. The molecule has 0 amide bonds. The Morgan fingerprint density at radius 2 is 2.27 bits per heavy atom. The van der Waals surface area contributed by atoms with E-state index in [2.05, 4.69) is 0 Å². The Kier molecular flexibility index (Phi) is 2.21. The van der Waals surface area contributed by atoms with Crippen LogP contribution in [-0.2, 0) is 0 Å². The van der Waals surface area contributed by atoms with Crippen LogP contribution in [0.5, 0.6) is 0 Å². The van der Waals surface area contributed by atoms with Gasteiger partial charge in [-0.1, -0.05) is 11.6 Å². The fourth-order valence-electron chi connectivity index (χ4n) is 0.866. The van der Waals surface area contributed by atoms with Crippen LogP contribution in [0, 0.1) is 6.92 Å². The first-order valence-electron chi connectivity index (χ1n) is 3.20. The van der Waals surface area contributed by atoms with Gasteiger partial charge >= 0.3 is 0 Å². The molecule has 1 N–H and O–H groups in total. The number of benzene rings is 1. The molecule has 58 valence electrons.